The van der Waals surface area contributed by atoms with Crippen LogP contribution in [0.15, 0.2) is 12.1 Å². The number of carbonyl (C=O) groups is 1. The van der Waals surface area contributed by atoms with Gasteiger partial charge >= 0.3 is 0 Å². The molecule has 17 heavy (non-hydrogen) atoms. The van der Waals surface area contributed by atoms with Gasteiger partial charge in [-0.1, -0.05) is 19.9 Å². The molecule has 0 aromatic heterocycles. The number of methoxy groups -OCH3 is 1. The summed E-state index contributed by atoms with van der Waals surface area (Å²) in [6.45, 7) is 7.02. The van der Waals surface area contributed by atoms with Crippen molar-refractivity contribution in [2.75, 3.05) is 13.7 Å². The van der Waals surface area contributed by atoms with Gasteiger partial charge in [0.2, 0.25) is 0 Å². The molecule has 0 spiro atoms. The number of ether oxygens (including phenoxy) is 1. The zero-order valence-electron chi connectivity index (χ0n) is 10.8. The van der Waals surface area contributed by atoms with Gasteiger partial charge in [0.1, 0.15) is 5.75 Å². The van der Waals surface area contributed by atoms with Gasteiger partial charge in [0.25, 0.3) is 5.91 Å². The van der Waals surface area contributed by atoms with E-state index >= 15 is 0 Å². The van der Waals surface area contributed by atoms with E-state index in [2.05, 4.69) is 19.2 Å². The van der Waals surface area contributed by atoms with Gasteiger partial charge in [-0.05, 0) is 24.5 Å². The Hall–Kier alpha value is -1.51. The van der Waals surface area contributed by atoms with Crippen LogP contribution in [0.4, 0.5) is 0 Å². The summed E-state index contributed by atoms with van der Waals surface area (Å²) in [6.07, 6.45) is 0. The van der Waals surface area contributed by atoms with Crippen molar-refractivity contribution in [3.8, 4) is 5.75 Å². The van der Waals surface area contributed by atoms with Crippen molar-refractivity contribution >= 4 is 5.91 Å². The Kier molecular flexibility index (Phi) is 3.09. The van der Waals surface area contributed by atoms with Gasteiger partial charge in [-0.2, -0.15) is 0 Å². The third-order valence-corrected chi connectivity index (χ3v) is 3.52. The van der Waals surface area contributed by atoms with Crippen LogP contribution in [-0.4, -0.2) is 19.6 Å². The van der Waals surface area contributed by atoms with Gasteiger partial charge in [-0.3, -0.25) is 4.79 Å². The first-order chi connectivity index (χ1) is 8.06. The van der Waals surface area contributed by atoms with Crippen molar-refractivity contribution in [1.82, 2.24) is 5.32 Å². The van der Waals surface area contributed by atoms with Crippen LogP contribution in [0.2, 0.25) is 0 Å². The molecule has 0 radical (unpaired) electrons. The lowest BCUT2D eigenvalue weighted by Crippen LogP contribution is -2.37. The average molecular weight is 233 g/mol. The van der Waals surface area contributed by atoms with Crippen molar-refractivity contribution < 1.29 is 9.53 Å². The summed E-state index contributed by atoms with van der Waals surface area (Å²) in [5.41, 5.74) is 2.89. The first kappa shape index (κ1) is 12.0. The molecule has 1 aliphatic rings. The number of hydrogen-bond acceptors (Lipinski definition) is 2. The number of carbonyl (C=O) groups excluding carboxylic acids is 1. The lowest BCUT2D eigenvalue weighted by atomic mass is 9.81. The fraction of sp³-hybridized carbons (Fsp3) is 0.500. The fourth-order valence-corrected chi connectivity index (χ4v) is 2.52. The summed E-state index contributed by atoms with van der Waals surface area (Å²) < 4.78 is 5.42. The van der Waals surface area contributed by atoms with E-state index in [-0.39, 0.29) is 5.91 Å². The summed E-state index contributed by atoms with van der Waals surface area (Å²) in [5, 5.41) is 2.97. The second-order valence-electron chi connectivity index (χ2n) is 4.93. The zero-order valence-corrected chi connectivity index (χ0v) is 10.8. The van der Waals surface area contributed by atoms with Crippen molar-refractivity contribution in [1.29, 1.82) is 0 Å². The van der Waals surface area contributed by atoms with Crippen LogP contribution in [0.3, 0.4) is 0 Å². The van der Waals surface area contributed by atoms with Crippen molar-refractivity contribution in [3.63, 3.8) is 0 Å². The van der Waals surface area contributed by atoms with E-state index in [1.165, 1.54) is 0 Å². The molecule has 1 aromatic rings. The molecular weight excluding hydrogens is 214 g/mol. The van der Waals surface area contributed by atoms with E-state index < -0.39 is 0 Å². The number of amides is 1. The summed E-state index contributed by atoms with van der Waals surface area (Å²) in [6, 6.07) is 3.90. The van der Waals surface area contributed by atoms with Crippen LogP contribution in [0, 0.1) is 12.8 Å². The van der Waals surface area contributed by atoms with Gasteiger partial charge in [0, 0.05) is 23.6 Å². The summed E-state index contributed by atoms with van der Waals surface area (Å²) in [7, 11) is 1.66. The van der Waals surface area contributed by atoms with Crippen LogP contribution in [0.25, 0.3) is 0 Å². The van der Waals surface area contributed by atoms with Crippen LogP contribution in [0.1, 0.15) is 41.3 Å². The first-order valence-corrected chi connectivity index (χ1v) is 6.02. The van der Waals surface area contributed by atoms with E-state index in [4.69, 9.17) is 4.74 Å². The number of benzene rings is 1. The third kappa shape index (κ3) is 1.90. The molecule has 0 saturated heterocycles. The lowest BCUT2D eigenvalue weighted by molar-refractivity contribution is 0.0934. The largest absolute Gasteiger partial charge is 0.496 e. The maximum atomic E-state index is 12.0. The number of fused-ring (bicyclic) bond motifs is 1. The normalized spacial score (nSPS) is 18.9. The van der Waals surface area contributed by atoms with Crippen molar-refractivity contribution in [3.05, 3.63) is 28.8 Å². The van der Waals surface area contributed by atoms with E-state index in [9.17, 15) is 4.79 Å². The Balaban J connectivity index is 2.66. The monoisotopic (exact) mass is 233 g/mol. The maximum Gasteiger partial charge on any atom is 0.252 e. The van der Waals surface area contributed by atoms with Crippen LogP contribution >= 0.6 is 0 Å². The standard InChI is InChI=1S/C14H19NO2/c1-8(2)10-7-15-14(16)12-9(3)5-6-11(17-4)13(10)12/h5-6,8,10H,7H2,1-4H3,(H,15,16). The molecule has 1 unspecified atom stereocenters. The van der Waals surface area contributed by atoms with Gasteiger partial charge in [-0.25, -0.2) is 0 Å². The quantitative estimate of drug-likeness (QED) is 0.852. The van der Waals surface area contributed by atoms with Crippen LogP contribution < -0.4 is 10.1 Å². The van der Waals surface area contributed by atoms with Gasteiger partial charge in [0.15, 0.2) is 0 Å². The topological polar surface area (TPSA) is 38.3 Å². The summed E-state index contributed by atoms with van der Waals surface area (Å²) in [5.74, 6) is 1.66. The molecule has 1 N–H and O–H groups in total. The van der Waals surface area contributed by atoms with Crippen molar-refractivity contribution in [2.24, 2.45) is 5.92 Å². The molecule has 2 rings (SSSR count). The third-order valence-electron chi connectivity index (χ3n) is 3.52. The van der Waals surface area contributed by atoms with E-state index in [0.29, 0.717) is 18.4 Å². The maximum absolute atomic E-state index is 12.0. The number of rotatable bonds is 2. The molecule has 1 heterocycles. The molecule has 0 fully saturated rings. The highest BCUT2D eigenvalue weighted by molar-refractivity contribution is 5.99. The molecule has 0 bridgehead atoms. The molecule has 1 aromatic carbocycles. The Labute approximate surface area is 102 Å². The minimum absolute atomic E-state index is 0.0216. The zero-order chi connectivity index (χ0) is 12.6. The SMILES string of the molecule is COc1ccc(C)c2c1C(C(C)C)CNC2=O. The summed E-state index contributed by atoms with van der Waals surface area (Å²) >= 11 is 0. The molecule has 0 saturated carbocycles. The summed E-state index contributed by atoms with van der Waals surface area (Å²) in [4.78, 5) is 12.0. The highest BCUT2D eigenvalue weighted by Gasteiger charge is 2.31. The predicted molar refractivity (Wildman–Crippen MR) is 67.6 cm³/mol. The lowest BCUT2D eigenvalue weighted by Gasteiger charge is -2.31. The predicted octanol–water partition coefficient (Wildman–Crippen LogP) is 2.49. The number of nitrogens with one attached hydrogen (secondary N) is 1. The molecular formula is C14H19NO2. The highest BCUT2D eigenvalue weighted by atomic mass is 16.5. The first-order valence-electron chi connectivity index (χ1n) is 6.02. The smallest absolute Gasteiger partial charge is 0.252 e. The minimum atomic E-state index is 0.0216. The molecule has 1 atom stereocenters. The van der Waals surface area contributed by atoms with Gasteiger partial charge < -0.3 is 10.1 Å². The fourth-order valence-electron chi connectivity index (χ4n) is 2.52. The Bertz CT molecular complexity index is 452. The van der Waals surface area contributed by atoms with Crippen LogP contribution in [-0.2, 0) is 0 Å². The molecule has 92 valence electrons. The Morgan fingerprint density at radius 2 is 2.12 bits per heavy atom. The molecule has 3 heteroatoms. The molecule has 1 amide bonds. The Morgan fingerprint density at radius 1 is 1.41 bits per heavy atom. The average Bonchev–Trinajstić information content (AvgIpc) is 2.29. The second kappa shape index (κ2) is 4.40. The van der Waals surface area contributed by atoms with Crippen molar-refractivity contribution in [2.45, 2.75) is 26.7 Å². The molecule has 1 aliphatic heterocycles. The molecule has 3 nitrogen and oxygen atoms in total. The minimum Gasteiger partial charge on any atom is -0.496 e. The highest BCUT2D eigenvalue weighted by Crippen LogP contribution is 2.38. The number of aryl methyl sites for hydroxylation is 1. The van der Waals surface area contributed by atoms with Crippen LogP contribution in [0.5, 0.6) is 5.75 Å². The second-order valence-corrected chi connectivity index (χ2v) is 4.93. The van der Waals surface area contributed by atoms with E-state index in [1.54, 1.807) is 7.11 Å². The Morgan fingerprint density at radius 3 is 2.71 bits per heavy atom. The van der Waals surface area contributed by atoms with E-state index in [1.807, 2.05) is 19.1 Å². The molecule has 0 aliphatic carbocycles. The van der Waals surface area contributed by atoms with Gasteiger partial charge in [0.05, 0.1) is 7.11 Å². The number of hydrogen-bond donors (Lipinski definition) is 1. The van der Waals surface area contributed by atoms with Gasteiger partial charge in [-0.15, -0.1) is 0 Å². The van der Waals surface area contributed by atoms with E-state index in [0.717, 1.165) is 22.4 Å².